The van der Waals surface area contributed by atoms with Gasteiger partial charge in [0.1, 0.15) is 0 Å². The molecule has 0 aliphatic heterocycles. The molecule has 2 N–H and O–H groups in total. The van der Waals surface area contributed by atoms with Gasteiger partial charge in [0.2, 0.25) is 0 Å². The molecule has 0 aliphatic rings. The Kier molecular flexibility index (Phi) is 16.6. The summed E-state index contributed by atoms with van der Waals surface area (Å²) in [7, 11) is 0. The van der Waals surface area contributed by atoms with Crippen molar-refractivity contribution in [2.24, 2.45) is 4.99 Å². The number of unbranched alkanes of at least 4 members (excludes halogenated alkanes) is 1. The molecule has 0 spiro atoms. The SMILES string of the molecule is CCCCOCCOCCNC(=NCc1ccc(Br)s1)NCC.I. The summed E-state index contributed by atoms with van der Waals surface area (Å²) in [5, 5.41) is 6.51. The smallest absolute Gasteiger partial charge is 0.191 e. The van der Waals surface area contributed by atoms with E-state index in [9.17, 15) is 0 Å². The minimum atomic E-state index is 0. The summed E-state index contributed by atoms with van der Waals surface area (Å²) in [6, 6.07) is 4.13. The Balaban J connectivity index is 0.00000529. The molecular formula is C16H29BrIN3O2S. The number of rotatable bonds is 12. The fraction of sp³-hybridized carbons (Fsp3) is 0.688. The van der Waals surface area contributed by atoms with Crippen molar-refractivity contribution in [3.8, 4) is 0 Å². The number of ether oxygens (including phenoxy) is 2. The lowest BCUT2D eigenvalue weighted by Crippen LogP contribution is -2.39. The lowest BCUT2D eigenvalue weighted by Gasteiger charge is -2.11. The Labute approximate surface area is 175 Å². The van der Waals surface area contributed by atoms with Crippen molar-refractivity contribution in [1.82, 2.24) is 10.6 Å². The Morgan fingerprint density at radius 3 is 2.50 bits per heavy atom. The molecule has 140 valence electrons. The maximum atomic E-state index is 5.53. The zero-order chi connectivity index (χ0) is 16.8. The number of nitrogens with one attached hydrogen (secondary N) is 2. The highest BCUT2D eigenvalue weighted by Crippen LogP contribution is 2.22. The van der Waals surface area contributed by atoms with Gasteiger partial charge in [-0.15, -0.1) is 35.3 Å². The highest BCUT2D eigenvalue weighted by molar-refractivity contribution is 14.0. The summed E-state index contributed by atoms with van der Waals surface area (Å²) >= 11 is 5.17. The van der Waals surface area contributed by atoms with Gasteiger partial charge in [-0.25, -0.2) is 4.99 Å². The van der Waals surface area contributed by atoms with Gasteiger partial charge in [-0.05, 0) is 41.4 Å². The van der Waals surface area contributed by atoms with Crippen molar-refractivity contribution in [1.29, 1.82) is 0 Å². The fourth-order valence-corrected chi connectivity index (χ4v) is 3.15. The lowest BCUT2D eigenvalue weighted by molar-refractivity contribution is 0.0487. The zero-order valence-electron chi connectivity index (χ0n) is 14.5. The van der Waals surface area contributed by atoms with E-state index in [0.717, 1.165) is 35.9 Å². The van der Waals surface area contributed by atoms with Gasteiger partial charge in [0.25, 0.3) is 0 Å². The second kappa shape index (κ2) is 16.6. The molecule has 24 heavy (non-hydrogen) atoms. The summed E-state index contributed by atoms with van der Waals surface area (Å²) in [6.07, 6.45) is 2.28. The van der Waals surface area contributed by atoms with Crippen LogP contribution in [0.15, 0.2) is 20.9 Å². The molecule has 0 aliphatic carbocycles. The number of hydrogen-bond donors (Lipinski definition) is 2. The number of hydrogen-bond acceptors (Lipinski definition) is 4. The Morgan fingerprint density at radius 1 is 1.12 bits per heavy atom. The highest BCUT2D eigenvalue weighted by atomic mass is 127. The van der Waals surface area contributed by atoms with Gasteiger partial charge in [0.15, 0.2) is 5.96 Å². The number of thiophene rings is 1. The van der Waals surface area contributed by atoms with E-state index < -0.39 is 0 Å². The van der Waals surface area contributed by atoms with E-state index in [4.69, 9.17) is 9.47 Å². The number of guanidine groups is 1. The quantitative estimate of drug-likeness (QED) is 0.184. The fourth-order valence-electron chi connectivity index (χ4n) is 1.75. The van der Waals surface area contributed by atoms with Crippen LogP contribution in [0.5, 0.6) is 0 Å². The van der Waals surface area contributed by atoms with E-state index in [1.54, 1.807) is 11.3 Å². The molecule has 0 radical (unpaired) electrons. The Hall–Kier alpha value is 0.100. The first kappa shape index (κ1) is 24.1. The van der Waals surface area contributed by atoms with Crippen molar-refractivity contribution < 1.29 is 9.47 Å². The van der Waals surface area contributed by atoms with Crippen molar-refractivity contribution in [2.75, 3.05) is 39.5 Å². The third-order valence-corrected chi connectivity index (χ3v) is 4.53. The molecule has 5 nitrogen and oxygen atoms in total. The molecule has 1 aromatic heterocycles. The molecule has 1 heterocycles. The van der Waals surface area contributed by atoms with Crippen molar-refractivity contribution in [3.63, 3.8) is 0 Å². The maximum Gasteiger partial charge on any atom is 0.191 e. The monoisotopic (exact) mass is 533 g/mol. The summed E-state index contributed by atoms with van der Waals surface area (Å²) in [5.74, 6) is 0.819. The molecule has 0 saturated carbocycles. The summed E-state index contributed by atoms with van der Waals surface area (Å²) in [5.41, 5.74) is 0. The van der Waals surface area contributed by atoms with Crippen LogP contribution < -0.4 is 10.6 Å². The van der Waals surface area contributed by atoms with E-state index in [-0.39, 0.29) is 24.0 Å². The number of aliphatic imine (C=N–C) groups is 1. The van der Waals surface area contributed by atoms with Gasteiger partial charge >= 0.3 is 0 Å². The second-order valence-corrected chi connectivity index (χ2v) is 7.45. The van der Waals surface area contributed by atoms with E-state index >= 15 is 0 Å². The van der Waals surface area contributed by atoms with Gasteiger partial charge in [-0.1, -0.05) is 13.3 Å². The average molecular weight is 534 g/mol. The lowest BCUT2D eigenvalue weighted by atomic mass is 10.4. The number of nitrogens with zero attached hydrogens (tertiary/aromatic N) is 1. The van der Waals surface area contributed by atoms with Gasteiger partial charge in [0.05, 0.1) is 30.2 Å². The molecule has 0 unspecified atom stereocenters. The standard InChI is InChI=1S/C16H28BrN3O2S.HI/c1-3-5-9-21-11-12-22-10-8-19-16(18-4-2)20-13-14-6-7-15(17)23-14;/h6-7H,3-5,8-13H2,1-2H3,(H2,18,19,20);1H. The predicted octanol–water partition coefficient (Wildman–Crippen LogP) is 4.02. The second-order valence-electron chi connectivity index (χ2n) is 4.91. The largest absolute Gasteiger partial charge is 0.379 e. The normalized spacial score (nSPS) is 11.2. The van der Waals surface area contributed by atoms with Crippen LogP contribution in [-0.4, -0.2) is 45.5 Å². The van der Waals surface area contributed by atoms with Crippen LogP contribution in [0.25, 0.3) is 0 Å². The first-order valence-electron chi connectivity index (χ1n) is 8.18. The molecule has 8 heteroatoms. The van der Waals surface area contributed by atoms with Gasteiger partial charge in [0, 0.05) is 24.6 Å². The van der Waals surface area contributed by atoms with Crippen molar-refractivity contribution >= 4 is 57.2 Å². The molecule has 1 rings (SSSR count). The van der Waals surface area contributed by atoms with E-state index in [0.29, 0.717) is 26.4 Å². The maximum absolute atomic E-state index is 5.53. The third-order valence-electron chi connectivity index (χ3n) is 2.92. The first-order valence-corrected chi connectivity index (χ1v) is 9.79. The molecule has 0 saturated heterocycles. The van der Waals surface area contributed by atoms with Crippen LogP contribution in [0.3, 0.4) is 0 Å². The Morgan fingerprint density at radius 2 is 1.88 bits per heavy atom. The van der Waals surface area contributed by atoms with E-state index in [2.05, 4.69) is 51.5 Å². The average Bonchev–Trinajstić information content (AvgIpc) is 2.96. The molecule has 0 bridgehead atoms. The zero-order valence-corrected chi connectivity index (χ0v) is 19.2. The summed E-state index contributed by atoms with van der Waals surface area (Å²) in [4.78, 5) is 5.80. The summed E-state index contributed by atoms with van der Waals surface area (Å²) < 4.78 is 12.1. The van der Waals surface area contributed by atoms with Crippen LogP contribution >= 0.6 is 51.2 Å². The van der Waals surface area contributed by atoms with Crippen LogP contribution in [0.1, 0.15) is 31.6 Å². The van der Waals surface area contributed by atoms with Crippen LogP contribution in [-0.2, 0) is 16.0 Å². The molecule has 0 amide bonds. The van der Waals surface area contributed by atoms with Crippen molar-refractivity contribution in [3.05, 3.63) is 20.8 Å². The molecule has 0 atom stereocenters. The van der Waals surface area contributed by atoms with Crippen molar-refractivity contribution in [2.45, 2.75) is 33.2 Å². The third kappa shape index (κ3) is 12.5. The molecule has 0 fully saturated rings. The van der Waals surface area contributed by atoms with Gasteiger partial charge < -0.3 is 20.1 Å². The first-order chi connectivity index (χ1) is 11.3. The Bertz CT molecular complexity index is 447. The van der Waals surface area contributed by atoms with E-state index in [1.165, 1.54) is 11.3 Å². The molecule has 1 aromatic rings. The molecular weight excluding hydrogens is 505 g/mol. The van der Waals surface area contributed by atoms with Gasteiger partial charge in [-0.2, -0.15) is 0 Å². The predicted molar refractivity (Wildman–Crippen MR) is 117 cm³/mol. The number of halogens is 2. The van der Waals surface area contributed by atoms with Crippen LogP contribution in [0.4, 0.5) is 0 Å². The topological polar surface area (TPSA) is 54.9 Å². The molecule has 0 aromatic carbocycles. The highest BCUT2D eigenvalue weighted by Gasteiger charge is 1.99. The minimum absolute atomic E-state index is 0. The van der Waals surface area contributed by atoms with Crippen LogP contribution in [0.2, 0.25) is 0 Å². The summed E-state index contributed by atoms with van der Waals surface area (Å²) in [6.45, 7) is 9.25. The minimum Gasteiger partial charge on any atom is -0.379 e. The van der Waals surface area contributed by atoms with Crippen LogP contribution in [0, 0.1) is 0 Å². The van der Waals surface area contributed by atoms with Gasteiger partial charge in [-0.3, -0.25) is 0 Å². The van der Waals surface area contributed by atoms with E-state index in [1.807, 2.05) is 6.07 Å².